The van der Waals surface area contributed by atoms with Gasteiger partial charge in [-0.2, -0.15) is 0 Å². The maximum atomic E-state index is 14.5. The summed E-state index contributed by atoms with van der Waals surface area (Å²) < 4.78 is 28.9. The highest BCUT2D eigenvalue weighted by Gasteiger charge is 2.57. The van der Waals surface area contributed by atoms with Gasteiger partial charge in [0.25, 0.3) is 5.92 Å². The molecule has 0 radical (unpaired) electrons. The minimum absolute atomic E-state index is 0.0703. The maximum absolute atomic E-state index is 14.5. The van der Waals surface area contributed by atoms with Crippen LogP contribution in [0.5, 0.6) is 0 Å². The molecule has 1 atom stereocenters. The van der Waals surface area contributed by atoms with Gasteiger partial charge in [-0.05, 0) is 32.1 Å². The van der Waals surface area contributed by atoms with Crippen molar-refractivity contribution in [1.29, 1.82) is 0 Å². The zero-order valence-electron chi connectivity index (χ0n) is 14.5. The van der Waals surface area contributed by atoms with Crippen molar-refractivity contribution in [3.05, 3.63) is 23.8 Å². The number of nitrogens with zero attached hydrogens (tertiary/aromatic N) is 4. The van der Waals surface area contributed by atoms with Gasteiger partial charge in [0, 0.05) is 45.0 Å². The van der Waals surface area contributed by atoms with E-state index in [-0.39, 0.29) is 18.9 Å². The molecule has 136 valence electrons. The third-order valence-electron chi connectivity index (χ3n) is 5.55. The summed E-state index contributed by atoms with van der Waals surface area (Å²) in [5.74, 6) is -2.33. The molecule has 3 aliphatic rings. The van der Waals surface area contributed by atoms with Crippen molar-refractivity contribution in [2.24, 2.45) is 11.3 Å². The Labute approximate surface area is 146 Å². The normalized spacial score (nSPS) is 29.6. The summed E-state index contributed by atoms with van der Waals surface area (Å²) in [4.78, 5) is 24.9. The molecule has 0 bridgehead atoms. The first kappa shape index (κ1) is 16.8. The molecule has 4 rings (SSSR count). The Bertz CT molecular complexity index is 679. The fourth-order valence-electron chi connectivity index (χ4n) is 4.34. The van der Waals surface area contributed by atoms with Crippen LogP contribution >= 0.6 is 0 Å². The van der Waals surface area contributed by atoms with E-state index in [0.717, 1.165) is 25.1 Å². The van der Waals surface area contributed by atoms with Crippen molar-refractivity contribution in [3.8, 4) is 0 Å². The van der Waals surface area contributed by atoms with Crippen LogP contribution in [0.4, 0.5) is 8.78 Å². The first-order valence-electron chi connectivity index (χ1n) is 9.02. The van der Waals surface area contributed by atoms with E-state index in [0.29, 0.717) is 37.7 Å². The van der Waals surface area contributed by atoms with Gasteiger partial charge in [0.15, 0.2) is 0 Å². The number of amides is 1. The number of alkyl halides is 2. The Kier molecular flexibility index (Phi) is 4.02. The predicted octanol–water partition coefficient (Wildman–Crippen LogP) is 2.25. The fraction of sp³-hybridized carbons (Fsp3) is 0.722. The zero-order chi connectivity index (χ0) is 17.7. The molecule has 0 unspecified atom stereocenters. The average Bonchev–Trinajstić information content (AvgIpc) is 3.28. The Hall–Kier alpha value is -1.63. The summed E-state index contributed by atoms with van der Waals surface area (Å²) in [5.41, 5.74) is 0.505. The molecule has 1 aromatic heterocycles. The number of likely N-dealkylation sites (tertiary alicyclic amines) is 2. The number of piperidine rings is 1. The van der Waals surface area contributed by atoms with Crippen LogP contribution in [0.25, 0.3) is 0 Å². The topological polar surface area (TPSA) is 49.3 Å². The van der Waals surface area contributed by atoms with Crippen LogP contribution in [0.3, 0.4) is 0 Å². The average molecular weight is 350 g/mol. The number of carbonyl (C=O) groups is 1. The van der Waals surface area contributed by atoms with Gasteiger partial charge in [0.2, 0.25) is 5.91 Å². The van der Waals surface area contributed by atoms with Gasteiger partial charge in [0.05, 0.1) is 23.3 Å². The van der Waals surface area contributed by atoms with Crippen LogP contribution in [0.2, 0.25) is 0 Å². The second-order valence-electron chi connectivity index (χ2n) is 8.05. The van der Waals surface area contributed by atoms with E-state index in [2.05, 4.69) is 9.97 Å². The van der Waals surface area contributed by atoms with E-state index in [1.807, 2.05) is 11.8 Å². The molecule has 2 saturated heterocycles. The van der Waals surface area contributed by atoms with Crippen molar-refractivity contribution in [2.45, 2.75) is 45.1 Å². The van der Waals surface area contributed by atoms with E-state index >= 15 is 0 Å². The third-order valence-corrected chi connectivity index (χ3v) is 5.55. The summed E-state index contributed by atoms with van der Waals surface area (Å²) in [6.07, 6.45) is 5.78. The highest BCUT2D eigenvalue weighted by atomic mass is 19.3. The lowest BCUT2D eigenvalue weighted by Gasteiger charge is -2.42. The second-order valence-corrected chi connectivity index (χ2v) is 8.05. The van der Waals surface area contributed by atoms with Crippen molar-refractivity contribution in [2.75, 3.05) is 26.2 Å². The minimum atomic E-state index is -2.85. The van der Waals surface area contributed by atoms with E-state index in [1.54, 1.807) is 17.3 Å². The van der Waals surface area contributed by atoms with Crippen LogP contribution in [0.1, 0.15) is 37.1 Å². The Morgan fingerprint density at radius 1 is 1.28 bits per heavy atom. The molecule has 1 spiro atoms. The van der Waals surface area contributed by atoms with E-state index < -0.39 is 11.3 Å². The maximum Gasteiger partial charge on any atom is 0.261 e. The van der Waals surface area contributed by atoms with E-state index in [9.17, 15) is 13.6 Å². The fourth-order valence-corrected chi connectivity index (χ4v) is 4.34. The van der Waals surface area contributed by atoms with Crippen LogP contribution in [0.15, 0.2) is 12.4 Å². The SMILES string of the molecule is Cc1cncc(CN2CC(F)(F)C[C@]3(CCN(CC4CC4)C3=O)C2)n1. The number of aromatic nitrogens is 2. The molecule has 3 heterocycles. The van der Waals surface area contributed by atoms with Gasteiger partial charge in [-0.3, -0.25) is 19.7 Å². The highest BCUT2D eigenvalue weighted by Crippen LogP contribution is 2.46. The van der Waals surface area contributed by atoms with E-state index in [4.69, 9.17) is 0 Å². The summed E-state index contributed by atoms with van der Waals surface area (Å²) in [7, 11) is 0. The molecule has 0 aromatic carbocycles. The lowest BCUT2D eigenvalue weighted by Crippen LogP contribution is -2.55. The van der Waals surface area contributed by atoms with Crippen LogP contribution < -0.4 is 0 Å². The van der Waals surface area contributed by atoms with Crippen molar-refractivity contribution in [1.82, 2.24) is 19.8 Å². The molecule has 1 amide bonds. The van der Waals surface area contributed by atoms with Crippen molar-refractivity contribution >= 4 is 5.91 Å². The zero-order valence-corrected chi connectivity index (χ0v) is 14.5. The number of halogens is 2. The number of aryl methyl sites for hydroxylation is 1. The molecule has 3 fully saturated rings. The Balaban J connectivity index is 1.51. The van der Waals surface area contributed by atoms with E-state index in [1.165, 1.54) is 0 Å². The summed E-state index contributed by atoms with van der Waals surface area (Å²) in [5, 5.41) is 0. The number of hydrogen-bond donors (Lipinski definition) is 0. The molecule has 5 nitrogen and oxygen atoms in total. The molecule has 2 aliphatic heterocycles. The van der Waals surface area contributed by atoms with Gasteiger partial charge in [0.1, 0.15) is 0 Å². The second kappa shape index (κ2) is 5.97. The summed E-state index contributed by atoms with van der Waals surface area (Å²) >= 11 is 0. The lowest BCUT2D eigenvalue weighted by molar-refractivity contribution is -0.155. The van der Waals surface area contributed by atoms with Gasteiger partial charge in [-0.1, -0.05) is 0 Å². The highest BCUT2D eigenvalue weighted by molar-refractivity contribution is 5.85. The standard InChI is InChI=1S/C18H24F2N4O/c1-13-6-21-7-15(22-13)9-23-11-17(10-18(19,20)12-23)4-5-24(16(17)25)8-14-2-3-14/h6-7,14H,2-5,8-12H2,1H3/t17-/m1/s1. The monoisotopic (exact) mass is 350 g/mol. The van der Waals surface area contributed by atoms with Gasteiger partial charge < -0.3 is 4.90 Å². The molecule has 0 N–H and O–H groups in total. The number of hydrogen-bond acceptors (Lipinski definition) is 4. The Morgan fingerprint density at radius 2 is 2.08 bits per heavy atom. The quantitative estimate of drug-likeness (QED) is 0.836. The number of carbonyl (C=O) groups excluding carboxylic acids is 1. The van der Waals surface area contributed by atoms with Crippen LogP contribution in [-0.4, -0.2) is 57.8 Å². The van der Waals surface area contributed by atoms with Crippen LogP contribution in [0, 0.1) is 18.3 Å². The smallest absolute Gasteiger partial charge is 0.261 e. The minimum Gasteiger partial charge on any atom is -0.342 e. The first-order valence-corrected chi connectivity index (χ1v) is 9.02. The van der Waals surface area contributed by atoms with Gasteiger partial charge >= 0.3 is 0 Å². The van der Waals surface area contributed by atoms with Crippen LogP contribution in [-0.2, 0) is 11.3 Å². The Morgan fingerprint density at radius 3 is 2.80 bits per heavy atom. The molecule has 1 aliphatic carbocycles. The molecule has 7 heteroatoms. The number of rotatable bonds is 4. The molecular formula is C18H24F2N4O. The molecular weight excluding hydrogens is 326 g/mol. The summed E-state index contributed by atoms with van der Waals surface area (Å²) in [6.45, 7) is 3.57. The third kappa shape index (κ3) is 3.52. The van der Waals surface area contributed by atoms with Crippen molar-refractivity contribution in [3.63, 3.8) is 0 Å². The first-order chi connectivity index (χ1) is 11.9. The largest absolute Gasteiger partial charge is 0.342 e. The summed E-state index contributed by atoms with van der Waals surface area (Å²) in [6, 6.07) is 0. The molecule has 1 aromatic rings. The lowest BCUT2D eigenvalue weighted by atomic mass is 9.77. The van der Waals surface area contributed by atoms with Crippen molar-refractivity contribution < 1.29 is 13.6 Å². The van der Waals surface area contributed by atoms with Gasteiger partial charge in [-0.25, -0.2) is 8.78 Å². The molecule has 25 heavy (non-hydrogen) atoms. The predicted molar refractivity (Wildman–Crippen MR) is 88.0 cm³/mol. The van der Waals surface area contributed by atoms with Gasteiger partial charge in [-0.15, -0.1) is 0 Å². The molecule has 1 saturated carbocycles.